The molecule has 0 saturated heterocycles. The van der Waals surface area contributed by atoms with Crippen LogP contribution in [-0.4, -0.2) is 29.8 Å². The van der Waals surface area contributed by atoms with Gasteiger partial charge in [-0.3, -0.25) is 4.79 Å². The number of amides is 1. The molecule has 1 aliphatic rings. The summed E-state index contributed by atoms with van der Waals surface area (Å²) in [5.74, 6) is -0.366. The van der Waals surface area contributed by atoms with Crippen LogP contribution in [0.1, 0.15) is 38.5 Å². The summed E-state index contributed by atoms with van der Waals surface area (Å²) < 4.78 is 4.87. The highest BCUT2D eigenvalue weighted by atomic mass is 16.5. The van der Waals surface area contributed by atoms with Crippen molar-refractivity contribution in [1.82, 2.24) is 5.32 Å². The zero-order valence-electron chi connectivity index (χ0n) is 10.6. The summed E-state index contributed by atoms with van der Waals surface area (Å²) in [5.41, 5.74) is 0. The maximum absolute atomic E-state index is 11.4. The fourth-order valence-electron chi connectivity index (χ4n) is 2.35. The first-order valence-corrected chi connectivity index (χ1v) is 6.37. The minimum absolute atomic E-state index is 0.106. The van der Waals surface area contributed by atoms with Gasteiger partial charge in [0.15, 0.2) is 0 Å². The lowest BCUT2D eigenvalue weighted by Crippen LogP contribution is -2.38. The fraction of sp³-hybridized carbons (Fsp3) is 0.692. The zero-order valence-corrected chi connectivity index (χ0v) is 10.6. The van der Waals surface area contributed by atoms with Gasteiger partial charge in [-0.25, -0.2) is 4.79 Å². The number of hydrogen-bond donors (Lipinski definition) is 2. The van der Waals surface area contributed by atoms with Gasteiger partial charge in [0.2, 0.25) is 0 Å². The minimum atomic E-state index is -0.754. The molecule has 18 heavy (non-hydrogen) atoms. The molecule has 2 atom stereocenters. The van der Waals surface area contributed by atoms with Gasteiger partial charge in [-0.05, 0) is 25.2 Å². The number of nitrogens with one attached hydrogen (secondary N) is 1. The van der Waals surface area contributed by atoms with Gasteiger partial charge in [0.05, 0.1) is 0 Å². The van der Waals surface area contributed by atoms with Gasteiger partial charge in [0, 0.05) is 12.5 Å². The molecule has 0 radical (unpaired) electrons. The van der Waals surface area contributed by atoms with Gasteiger partial charge in [-0.1, -0.05) is 25.5 Å². The van der Waals surface area contributed by atoms with Crippen LogP contribution in [-0.2, 0) is 9.53 Å². The topological polar surface area (TPSA) is 75.6 Å². The second kappa shape index (κ2) is 7.74. The SMILES string of the molecule is C=CCOC(=O)NC1CCCC(CCC(=O)O)C1. The van der Waals surface area contributed by atoms with E-state index < -0.39 is 12.1 Å². The minimum Gasteiger partial charge on any atom is -0.481 e. The van der Waals surface area contributed by atoms with Crippen LogP contribution in [0.5, 0.6) is 0 Å². The van der Waals surface area contributed by atoms with Crippen LogP contribution < -0.4 is 5.32 Å². The molecule has 0 bridgehead atoms. The van der Waals surface area contributed by atoms with Crippen LogP contribution in [0, 0.1) is 5.92 Å². The molecule has 0 aromatic rings. The maximum Gasteiger partial charge on any atom is 0.407 e. The lowest BCUT2D eigenvalue weighted by atomic mass is 9.83. The molecule has 1 rings (SSSR count). The molecule has 5 nitrogen and oxygen atoms in total. The Labute approximate surface area is 107 Å². The maximum atomic E-state index is 11.4. The van der Waals surface area contributed by atoms with Crippen LogP contribution in [0.2, 0.25) is 0 Å². The van der Waals surface area contributed by atoms with E-state index in [1.165, 1.54) is 6.08 Å². The van der Waals surface area contributed by atoms with Gasteiger partial charge in [0.25, 0.3) is 0 Å². The van der Waals surface area contributed by atoms with Crippen LogP contribution >= 0.6 is 0 Å². The van der Waals surface area contributed by atoms with Crippen molar-refractivity contribution in [1.29, 1.82) is 0 Å². The molecule has 1 amide bonds. The largest absolute Gasteiger partial charge is 0.481 e. The van der Waals surface area contributed by atoms with E-state index in [1.54, 1.807) is 0 Å². The molecule has 2 N–H and O–H groups in total. The Kier molecular flexibility index (Phi) is 6.25. The predicted molar refractivity (Wildman–Crippen MR) is 67.3 cm³/mol. The summed E-state index contributed by atoms with van der Waals surface area (Å²) >= 11 is 0. The first-order chi connectivity index (χ1) is 8.61. The zero-order chi connectivity index (χ0) is 13.4. The molecule has 1 saturated carbocycles. The van der Waals surface area contributed by atoms with Gasteiger partial charge in [-0.15, -0.1) is 0 Å². The van der Waals surface area contributed by atoms with Gasteiger partial charge in [0.1, 0.15) is 6.61 Å². The summed E-state index contributed by atoms with van der Waals surface area (Å²) in [6.45, 7) is 3.68. The lowest BCUT2D eigenvalue weighted by Gasteiger charge is -2.29. The molecular formula is C13H21NO4. The average Bonchev–Trinajstić information content (AvgIpc) is 2.34. The van der Waals surface area contributed by atoms with Crippen LogP contribution in [0.15, 0.2) is 12.7 Å². The van der Waals surface area contributed by atoms with Crippen molar-refractivity contribution < 1.29 is 19.4 Å². The molecule has 0 aliphatic heterocycles. The van der Waals surface area contributed by atoms with Gasteiger partial charge in [-0.2, -0.15) is 0 Å². The van der Waals surface area contributed by atoms with Crippen molar-refractivity contribution in [2.45, 2.75) is 44.6 Å². The van der Waals surface area contributed by atoms with Crippen LogP contribution in [0.25, 0.3) is 0 Å². The number of carbonyl (C=O) groups is 2. The summed E-state index contributed by atoms with van der Waals surface area (Å²) in [6, 6.07) is 0.106. The third-order valence-electron chi connectivity index (χ3n) is 3.20. The number of hydrogen-bond acceptors (Lipinski definition) is 3. The third kappa shape index (κ3) is 5.70. The molecule has 0 heterocycles. The second-order valence-electron chi connectivity index (χ2n) is 4.69. The van der Waals surface area contributed by atoms with Crippen molar-refractivity contribution in [3.8, 4) is 0 Å². The first kappa shape index (κ1) is 14.5. The van der Waals surface area contributed by atoms with Gasteiger partial charge < -0.3 is 15.2 Å². The van der Waals surface area contributed by atoms with E-state index in [-0.39, 0.29) is 19.1 Å². The van der Waals surface area contributed by atoms with E-state index in [0.717, 1.165) is 25.7 Å². The molecule has 5 heteroatoms. The lowest BCUT2D eigenvalue weighted by molar-refractivity contribution is -0.137. The molecule has 102 valence electrons. The van der Waals surface area contributed by atoms with E-state index in [0.29, 0.717) is 12.3 Å². The predicted octanol–water partition coefficient (Wildman–Crippen LogP) is 2.32. The number of carbonyl (C=O) groups excluding carboxylic acids is 1. The molecular weight excluding hydrogens is 234 g/mol. The standard InChI is InChI=1S/C13H21NO4/c1-2-8-18-13(17)14-11-5-3-4-10(9-11)6-7-12(15)16/h2,10-11H,1,3-9H2,(H,14,17)(H,15,16). The van der Waals surface area contributed by atoms with Crippen LogP contribution in [0.4, 0.5) is 4.79 Å². The Hall–Kier alpha value is -1.52. The Bertz CT molecular complexity index is 303. The smallest absolute Gasteiger partial charge is 0.407 e. The summed E-state index contributed by atoms with van der Waals surface area (Å²) in [7, 11) is 0. The second-order valence-corrected chi connectivity index (χ2v) is 4.69. The van der Waals surface area contributed by atoms with E-state index in [4.69, 9.17) is 9.84 Å². The highest BCUT2D eigenvalue weighted by molar-refractivity contribution is 5.67. The highest BCUT2D eigenvalue weighted by Crippen LogP contribution is 2.27. The van der Waals surface area contributed by atoms with E-state index in [2.05, 4.69) is 11.9 Å². The van der Waals surface area contributed by atoms with Crippen molar-refractivity contribution in [2.75, 3.05) is 6.61 Å². The number of carboxylic acid groups (broad SMARTS) is 1. The average molecular weight is 255 g/mol. The summed E-state index contributed by atoms with van der Waals surface area (Å²) in [4.78, 5) is 21.9. The summed E-state index contributed by atoms with van der Waals surface area (Å²) in [6.07, 6.45) is 5.86. The van der Waals surface area contributed by atoms with E-state index in [1.807, 2.05) is 0 Å². The molecule has 0 spiro atoms. The quantitative estimate of drug-likeness (QED) is 0.714. The molecule has 1 aliphatic carbocycles. The molecule has 1 fully saturated rings. The van der Waals surface area contributed by atoms with Crippen molar-refractivity contribution >= 4 is 12.1 Å². The Balaban J connectivity index is 2.27. The molecule has 2 unspecified atom stereocenters. The number of alkyl carbamates (subject to hydrolysis) is 1. The Morgan fingerprint density at radius 2 is 2.22 bits per heavy atom. The summed E-state index contributed by atoms with van der Waals surface area (Å²) in [5, 5.41) is 11.5. The Morgan fingerprint density at radius 3 is 2.89 bits per heavy atom. The number of ether oxygens (including phenoxy) is 1. The third-order valence-corrected chi connectivity index (χ3v) is 3.20. The first-order valence-electron chi connectivity index (χ1n) is 6.37. The van der Waals surface area contributed by atoms with Gasteiger partial charge >= 0.3 is 12.1 Å². The number of carboxylic acids is 1. The molecule has 0 aromatic carbocycles. The van der Waals surface area contributed by atoms with E-state index in [9.17, 15) is 9.59 Å². The number of aliphatic carboxylic acids is 1. The monoisotopic (exact) mass is 255 g/mol. The highest BCUT2D eigenvalue weighted by Gasteiger charge is 2.23. The fourth-order valence-corrected chi connectivity index (χ4v) is 2.35. The van der Waals surface area contributed by atoms with Crippen molar-refractivity contribution in [2.24, 2.45) is 5.92 Å². The number of rotatable bonds is 6. The molecule has 0 aromatic heterocycles. The van der Waals surface area contributed by atoms with Crippen molar-refractivity contribution in [3.05, 3.63) is 12.7 Å². The van der Waals surface area contributed by atoms with Crippen LogP contribution in [0.3, 0.4) is 0 Å². The van der Waals surface area contributed by atoms with Crippen molar-refractivity contribution in [3.63, 3.8) is 0 Å². The normalized spacial score (nSPS) is 23.1. The Morgan fingerprint density at radius 1 is 1.44 bits per heavy atom. The van der Waals surface area contributed by atoms with E-state index >= 15 is 0 Å².